The van der Waals surface area contributed by atoms with E-state index in [-0.39, 0.29) is 6.73 Å². The number of rotatable bonds is 3. The number of aryl methyl sites for hydroxylation is 1. The van der Waals surface area contributed by atoms with E-state index in [1.807, 2.05) is 37.3 Å². The number of methoxy groups -OCH3 is 1. The van der Waals surface area contributed by atoms with Crippen LogP contribution in [0.25, 0.3) is 11.3 Å². The van der Waals surface area contributed by atoms with Crippen molar-refractivity contribution < 1.29 is 9.84 Å². The fourth-order valence-corrected chi connectivity index (χ4v) is 1.56. The summed E-state index contributed by atoms with van der Waals surface area (Å²) >= 11 is 0. The van der Waals surface area contributed by atoms with E-state index >= 15 is 0 Å². The van der Waals surface area contributed by atoms with E-state index in [1.54, 1.807) is 11.8 Å². The number of hydrogen-bond donors (Lipinski definition) is 1. The molecular formula is C12H14N2O2. The maximum absolute atomic E-state index is 9.04. The number of aromatic nitrogens is 2. The topological polar surface area (TPSA) is 47.3 Å². The van der Waals surface area contributed by atoms with Crippen LogP contribution in [0.3, 0.4) is 0 Å². The summed E-state index contributed by atoms with van der Waals surface area (Å²) in [6, 6.07) is 9.62. The lowest BCUT2D eigenvalue weighted by atomic mass is 10.1. The highest BCUT2D eigenvalue weighted by Crippen LogP contribution is 2.21. The zero-order valence-electron chi connectivity index (χ0n) is 9.34. The van der Waals surface area contributed by atoms with E-state index in [1.165, 1.54) is 0 Å². The van der Waals surface area contributed by atoms with Gasteiger partial charge in [0.2, 0.25) is 0 Å². The molecule has 4 heteroatoms. The normalized spacial score (nSPS) is 10.4. The summed E-state index contributed by atoms with van der Waals surface area (Å²) in [4.78, 5) is 0. The second-order valence-electron chi connectivity index (χ2n) is 3.54. The molecule has 4 nitrogen and oxygen atoms in total. The fraction of sp³-hybridized carbons (Fsp3) is 0.250. The van der Waals surface area contributed by atoms with Gasteiger partial charge in [-0.2, -0.15) is 5.10 Å². The molecule has 0 bridgehead atoms. The van der Waals surface area contributed by atoms with Crippen molar-refractivity contribution in [1.29, 1.82) is 0 Å². The molecule has 0 amide bonds. The first-order valence-corrected chi connectivity index (χ1v) is 5.04. The minimum atomic E-state index is -0.0952. The summed E-state index contributed by atoms with van der Waals surface area (Å²) in [5, 5.41) is 13.3. The third kappa shape index (κ3) is 1.92. The molecule has 1 heterocycles. The van der Waals surface area contributed by atoms with Gasteiger partial charge in [0, 0.05) is 11.3 Å². The van der Waals surface area contributed by atoms with Gasteiger partial charge in [-0.15, -0.1) is 0 Å². The Morgan fingerprint density at radius 2 is 2.00 bits per heavy atom. The largest absolute Gasteiger partial charge is 0.497 e. The maximum Gasteiger partial charge on any atom is 0.136 e. The third-order valence-electron chi connectivity index (χ3n) is 2.50. The van der Waals surface area contributed by atoms with E-state index < -0.39 is 0 Å². The van der Waals surface area contributed by atoms with Gasteiger partial charge in [-0.1, -0.05) is 0 Å². The van der Waals surface area contributed by atoms with Crippen LogP contribution >= 0.6 is 0 Å². The first-order valence-electron chi connectivity index (χ1n) is 5.04. The van der Waals surface area contributed by atoms with Crippen LogP contribution in [0.2, 0.25) is 0 Å². The van der Waals surface area contributed by atoms with Crippen LogP contribution in [0, 0.1) is 6.92 Å². The molecule has 0 saturated carbocycles. The van der Waals surface area contributed by atoms with Gasteiger partial charge < -0.3 is 9.84 Å². The highest BCUT2D eigenvalue weighted by Gasteiger charge is 2.05. The van der Waals surface area contributed by atoms with Gasteiger partial charge in [-0.3, -0.25) is 0 Å². The van der Waals surface area contributed by atoms with Crippen LogP contribution in [-0.2, 0) is 6.73 Å². The van der Waals surface area contributed by atoms with Gasteiger partial charge >= 0.3 is 0 Å². The highest BCUT2D eigenvalue weighted by atomic mass is 16.5. The van der Waals surface area contributed by atoms with Crippen molar-refractivity contribution in [3.8, 4) is 17.0 Å². The van der Waals surface area contributed by atoms with E-state index in [2.05, 4.69) is 5.10 Å². The van der Waals surface area contributed by atoms with E-state index in [4.69, 9.17) is 9.84 Å². The van der Waals surface area contributed by atoms with Crippen LogP contribution in [0.15, 0.2) is 30.3 Å². The Bertz CT molecular complexity index is 474. The Labute approximate surface area is 94.1 Å². The molecule has 0 aliphatic carbocycles. The van der Waals surface area contributed by atoms with E-state index in [9.17, 15) is 0 Å². The Hall–Kier alpha value is -1.81. The third-order valence-corrected chi connectivity index (χ3v) is 2.50. The Balaban J connectivity index is 2.34. The molecular weight excluding hydrogens is 204 g/mol. The zero-order valence-corrected chi connectivity index (χ0v) is 9.34. The summed E-state index contributed by atoms with van der Waals surface area (Å²) < 4.78 is 6.64. The number of nitrogens with zero attached hydrogens (tertiary/aromatic N) is 2. The van der Waals surface area contributed by atoms with Gasteiger partial charge in [0.1, 0.15) is 12.5 Å². The molecule has 84 valence electrons. The van der Waals surface area contributed by atoms with Crippen molar-refractivity contribution in [1.82, 2.24) is 9.78 Å². The van der Waals surface area contributed by atoms with Crippen molar-refractivity contribution >= 4 is 0 Å². The summed E-state index contributed by atoms with van der Waals surface area (Å²) in [6.07, 6.45) is 0. The van der Waals surface area contributed by atoms with Crippen LogP contribution in [0.1, 0.15) is 5.69 Å². The van der Waals surface area contributed by atoms with Crippen LogP contribution < -0.4 is 4.74 Å². The second-order valence-corrected chi connectivity index (χ2v) is 3.54. The molecule has 0 fully saturated rings. The summed E-state index contributed by atoms with van der Waals surface area (Å²) in [7, 11) is 1.64. The van der Waals surface area contributed by atoms with Gasteiger partial charge in [-0.05, 0) is 37.3 Å². The standard InChI is InChI=1S/C12H14N2O2/c1-9-7-12(13-14(9)8-15)10-3-5-11(16-2)6-4-10/h3-7,15H,8H2,1-2H3. The smallest absolute Gasteiger partial charge is 0.136 e. The Kier molecular flexibility index (Phi) is 2.92. The molecule has 16 heavy (non-hydrogen) atoms. The molecule has 0 atom stereocenters. The minimum absolute atomic E-state index is 0.0952. The average Bonchev–Trinajstić information content (AvgIpc) is 2.71. The molecule has 1 aromatic carbocycles. The molecule has 0 aliphatic rings. The van der Waals surface area contributed by atoms with Gasteiger partial charge in [-0.25, -0.2) is 4.68 Å². The molecule has 2 rings (SSSR count). The lowest BCUT2D eigenvalue weighted by Gasteiger charge is -2.00. The second kappa shape index (κ2) is 4.37. The first kappa shape index (κ1) is 10.7. The number of hydrogen-bond acceptors (Lipinski definition) is 3. The Morgan fingerprint density at radius 1 is 1.31 bits per heavy atom. The molecule has 0 spiro atoms. The lowest BCUT2D eigenvalue weighted by Crippen LogP contribution is -2.00. The van der Waals surface area contributed by atoms with Crippen LogP contribution in [-0.4, -0.2) is 22.0 Å². The molecule has 0 unspecified atom stereocenters. The van der Waals surface area contributed by atoms with E-state index in [0.29, 0.717) is 0 Å². The molecule has 0 aliphatic heterocycles. The average molecular weight is 218 g/mol. The summed E-state index contributed by atoms with van der Waals surface area (Å²) in [6.45, 7) is 1.82. The van der Waals surface area contributed by atoms with Crippen molar-refractivity contribution in [2.45, 2.75) is 13.7 Å². The summed E-state index contributed by atoms with van der Waals surface area (Å²) in [5.74, 6) is 0.821. The molecule has 0 radical (unpaired) electrons. The predicted octanol–water partition coefficient (Wildman–Crippen LogP) is 1.82. The number of benzene rings is 1. The van der Waals surface area contributed by atoms with Crippen molar-refractivity contribution in [2.24, 2.45) is 0 Å². The first-order chi connectivity index (χ1) is 7.74. The zero-order chi connectivity index (χ0) is 11.5. The molecule has 1 aromatic heterocycles. The molecule has 0 saturated heterocycles. The maximum atomic E-state index is 9.04. The van der Waals surface area contributed by atoms with Gasteiger partial charge in [0.25, 0.3) is 0 Å². The van der Waals surface area contributed by atoms with E-state index in [0.717, 1.165) is 22.7 Å². The number of ether oxygens (including phenoxy) is 1. The molecule has 2 aromatic rings. The number of aliphatic hydroxyl groups excluding tert-OH is 1. The predicted molar refractivity (Wildman–Crippen MR) is 61.2 cm³/mol. The van der Waals surface area contributed by atoms with Crippen molar-refractivity contribution in [2.75, 3.05) is 7.11 Å². The van der Waals surface area contributed by atoms with Crippen molar-refractivity contribution in [3.63, 3.8) is 0 Å². The van der Waals surface area contributed by atoms with Crippen molar-refractivity contribution in [3.05, 3.63) is 36.0 Å². The van der Waals surface area contributed by atoms with Crippen LogP contribution in [0.5, 0.6) is 5.75 Å². The monoisotopic (exact) mass is 218 g/mol. The van der Waals surface area contributed by atoms with Crippen LogP contribution in [0.4, 0.5) is 0 Å². The van der Waals surface area contributed by atoms with Gasteiger partial charge in [0.05, 0.1) is 12.8 Å². The number of aliphatic hydroxyl groups is 1. The quantitative estimate of drug-likeness (QED) is 0.854. The minimum Gasteiger partial charge on any atom is -0.497 e. The highest BCUT2D eigenvalue weighted by molar-refractivity contribution is 5.60. The summed E-state index contributed by atoms with van der Waals surface area (Å²) in [5.41, 5.74) is 2.80. The molecule has 1 N–H and O–H groups in total. The SMILES string of the molecule is COc1ccc(-c2cc(C)n(CO)n2)cc1. The Morgan fingerprint density at radius 3 is 2.50 bits per heavy atom. The lowest BCUT2D eigenvalue weighted by molar-refractivity contribution is 0.193. The van der Waals surface area contributed by atoms with Gasteiger partial charge in [0.15, 0.2) is 0 Å². The fourth-order valence-electron chi connectivity index (χ4n) is 1.56.